The Morgan fingerprint density at radius 1 is 1.12 bits per heavy atom. The average molecular weight is 372 g/mol. The van der Waals surface area contributed by atoms with Gasteiger partial charge in [-0.2, -0.15) is 0 Å². The zero-order valence-electron chi connectivity index (χ0n) is 13.9. The number of sulfone groups is 1. The highest BCUT2D eigenvalue weighted by atomic mass is 32.2. The van der Waals surface area contributed by atoms with Crippen molar-refractivity contribution in [3.63, 3.8) is 0 Å². The van der Waals surface area contributed by atoms with Crippen molar-refractivity contribution in [1.82, 2.24) is 15.0 Å². The lowest BCUT2D eigenvalue weighted by Gasteiger charge is -2.12. The summed E-state index contributed by atoms with van der Waals surface area (Å²) in [5, 5.41) is 0. The van der Waals surface area contributed by atoms with Crippen molar-refractivity contribution in [1.29, 1.82) is 0 Å². The van der Waals surface area contributed by atoms with Crippen LogP contribution in [0.3, 0.4) is 0 Å². The molecule has 0 amide bonds. The maximum Gasteiger partial charge on any atom is 0.212 e. The molecule has 0 saturated heterocycles. The summed E-state index contributed by atoms with van der Waals surface area (Å²) < 4.78 is 39.2. The fourth-order valence-corrected chi connectivity index (χ4v) is 4.78. The number of H-pyrrole nitrogens is 1. The predicted octanol–water partition coefficient (Wildman–Crippen LogP) is 3.47. The number of nitrogens with two attached hydrogens (primary N) is 1. The lowest BCUT2D eigenvalue weighted by atomic mass is 9.96. The van der Waals surface area contributed by atoms with E-state index in [1.54, 1.807) is 0 Å². The molecule has 1 aromatic carbocycles. The average Bonchev–Trinajstić information content (AvgIpc) is 2.99. The third kappa shape index (κ3) is 2.66. The van der Waals surface area contributed by atoms with Crippen LogP contribution in [0.25, 0.3) is 16.6 Å². The van der Waals surface area contributed by atoms with Gasteiger partial charge in [-0.25, -0.2) is 22.8 Å². The van der Waals surface area contributed by atoms with Crippen LogP contribution in [0.5, 0.6) is 0 Å². The Labute approximate surface area is 149 Å². The second kappa shape index (κ2) is 6.21. The Kier molecular flexibility index (Phi) is 3.99. The van der Waals surface area contributed by atoms with Crippen molar-refractivity contribution in [2.24, 2.45) is 0 Å². The highest BCUT2D eigenvalue weighted by Crippen LogP contribution is 2.36. The van der Waals surface area contributed by atoms with E-state index in [0.29, 0.717) is 11.2 Å². The molecule has 0 bridgehead atoms. The Balaban J connectivity index is 1.93. The number of nitrogens with one attached hydrogen (secondary N) is 1. The Hall–Kier alpha value is -2.74. The number of rotatable bonds is 3. The highest BCUT2D eigenvalue weighted by molar-refractivity contribution is 7.92. The molecule has 6 nitrogen and oxygen atoms in total. The zero-order valence-corrected chi connectivity index (χ0v) is 14.7. The summed E-state index contributed by atoms with van der Waals surface area (Å²) in [4.78, 5) is 11.3. The van der Waals surface area contributed by atoms with Gasteiger partial charge in [-0.1, -0.05) is 6.08 Å². The van der Waals surface area contributed by atoms with Crippen LogP contribution in [0.4, 0.5) is 10.2 Å². The molecule has 3 aromatic rings. The number of hydrogen-bond donors (Lipinski definition) is 2. The number of aromatic amines is 1. The molecule has 1 aliphatic carbocycles. The van der Waals surface area contributed by atoms with Crippen LogP contribution >= 0.6 is 0 Å². The number of benzene rings is 1. The molecule has 3 N–H and O–H groups in total. The van der Waals surface area contributed by atoms with E-state index in [-0.39, 0.29) is 21.1 Å². The van der Waals surface area contributed by atoms with Crippen LogP contribution < -0.4 is 5.73 Å². The fourth-order valence-electron chi connectivity index (χ4n) is 3.30. The summed E-state index contributed by atoms with van der Waals surface area (Å²) >= 11 is 0. The van der Waals surface area contributed by atoms with E-state index < -0.39 is 15.7 Å². The summed E-state index contributed by atoms with van der Waals surface area (Å²) in [5.74, 6) is -0.507. The van der Waals surface area contributed by atoms with Crippen LogP contribution in [-0.4, -0.2) is 23.4 Å². The molecule has 0 fully saturated rings. The van der Waals surface area contributed by atoms with E-state index in [2.05, 4.69) is 21.0 Å². The first-order chi connectivity index (χ1) is 12.5. The lowest BCUT2D eigenvalue weighted by molar-refractivity contribution is 0.596. The van der Waals surface area contributed by atoms with Gasteiger partial charge in [0.2, 0.25) is 9.84 Å². The van der Waals surface area contributed by atoms with Crippen molar-refractivity contribution in [3.8, 4) is 0 Å². The van der Waals surface area contributed by atoms with Crippen LogP contribution in [0.1, 0.15) is 31.4 Å². The molecule has 134 valence electrons. The van der Waals surface area contributed by atoms with Gasteiger partial charge in [0.05, 0.1) is 16.1 Å². The second-order valence-corrected chi connectivity index (χ2v) is 8.13. The maximum absolute atomic E-state index is 13.2. The van der Waals surface area contributed by atoms with Crippen LogP contribution in [0.15, 0.2) is 46.5 Å². The van der Waals surface area contributed by atoms with E-state index in [9.17, 15) is 12.8 Å². The van der Waals surface area contributed by atoms with E-state index in [1.807, 2.05) is 0 Å². The van der Waals surface area contributed by atoms with Gasteiger partial charge >= 0.3 is 0 Å². The predicted molar refractivity (Wildman–Crippen MR) is 96.6 cm³/mol. The molecule has 2 heterocycles. The zero-order chi connectivity index (χ0) is 18.3. The van der Waals surface area contributed by atoms with Gasteiger partial charge < -0.3 is 10.7 Å². The normalized spacial score (nSPS) is 15.2. The fraction of sp³-hybridized carbons (Fsp3) is 0.222. The quantitative estimate of drug-likeness (QED) is 0.686. The SMILES string of the molecule is Nc1[nH]c2c(C3=CCCCC3)ncnc2c1S(=O)(=O)c1ccc(F)cc1. The molecule has 0 unspecified atom stereocenters. The van der Waals surface area contributed by atoms with Crippen molar-refractivity contribution < 1.29 is 12.8 Å². The van der Waals surface area contributed by atoms with Gasteiger partial charge in [-0.05, 0) is 55.5 Å². The summed E-state index contributed by atoms with van der Waals surface area (Å²) in [7, 11) is -3.95. The second-order valence-electron chi connectivity index (χ2n) is 6.25. The number of halogens is 1. The first-order valence-corrected chi connectivity index (χ1v) is 9.79. The van der Waals surface area contributed by atoms with E-state index >= 15 is 0 Å². The minimum atomic E-state index is -3.95. The lowest BCUT2D eigenvalue weighted by Crippen LogP contribution is -2.05. The number of nitrogens with zero attached hydrogens (tertiary/aromatic N) is 2. The molecular weight excluding hydrogens is 355 g/mol. The summed E-state index contributed by atoms with van der Waals surface area (Å²) in [6.45, 7) is 0. The molecule has 0 radical (unpaired) electrons. The van der Waals surface area contributed by atoms with E-state index in [1.165, 1.54) is 18.5 Å². The Morgan fingerprint density at radius 2 is 1.88 bits per heavy atom. The van der Waals surface area contributed by atoms with Gasteiger partial charge in [0.1, 0.15) is 28.4 Å². The number of allylic oxidation sites excluding steroid dienone is 2. The third-order valence-corrected chi connectivity index (χ3v) is 6.40. The molecule has 8 heteroatoms. The molecule has 0 aliphatic heterocycles. The van der Waals surface area contributed by atoms with Gasteiger partial charge in [0.25, 0.3) is 0 Å². The molecule has 4 rings (SSSR count). The van der Waals surface area contributed by atoms with Crippen LogP contribution in [0.2, 0.25) is 0 Å². The summed E-state index contributed by atoms with van der Waals surface area (Å²) in [6, 6.07) is 4.64. The summed E-state index contributed by atoms with van der Waals surface area (Å²) in [6.07, 6.45) is 7.52. The molecule has 0 spiro atoms. The molecule has 26 heavy (non-hydrogen) atoms. The van der Waals surface area contributed by atoms with Gasteiger partial charge in [0.15, 0.2) is 0 Å². The Morgan fingerprint density at radius 3 is 2.58 bits per heavy atom. The maximum atomic E-state index is 13.2. The Bertz CT molecular complexity index is 1120. The van der Waals surface area contributed by atoms with Crippen molar-refractivity contribution in [3.05, 3.63) is 48.2 Å². The number of aromatic nitrogens is 3. The number of hydrogen-bond acceptors (Lipinski definition) is 5. The highest BCUT2D eigenvalue weighted by Gasteiger charge is 2.28. The van der Waals surface area contributed by atoms with Crippen LogP contribution in [-0.2, 0) is 9.84 Å². The van der Waals surface area contributed by atoms with Crippen molar-refractivity contribution in [2.75, 3.05) is 5.73 Å². The first kappa shape index (κ1) is 16.7. The minimum absolute atomic E-state index is 0.00230. The van der Waals surface area contributed by atoms with Crippen molar-refractivity contribution >= 4 is 32.3 Å². The monoisotopic (exact) mass is 372 g/mol. The molecule has 0 atom stereocenters. The molecule has 1 aliphatic rings. The van der Waals surface area contributed by atoms with Gasteiger partial charge in [-0.15, -0.1) is 0 Å². The van der Waals surface area contributed by atoms with Crippen molar-refractivity contribution in [2.45, 2.75) is 35.5 Å². The first-order valence-electron chi connectivity index (χ1n) is 8.30. The molecule has 0 saturated carbocycles. The number of fused-ring (bicyclic) bond motifs is 1. The topological polar surface area (TPSA) is 102 Å². The molecular formula is C18H17FN4O2S. The minimum Gasteiger partial charge on any atom is -0.384 e. The van der Waals surface area contributed by atoms with E-state index in [0.717, 1.165) is 43.4 Å². The van der Waals surface area contributed by atoms with Gasteiger partial charge in [0, 0.05) is 0 Å². The number of nitrogen functional groups attached to an aromatic ring is 1. The largest absolute Gasteiger partial charge is 0.384 e. The summed E-state index contributed by atoms with van der Waals surface area (Å²) in [5.41, 5.74) is 8.52. The third-order valence-electron chi connectivity index (χ3n) is 4.55. The number of anilines is 1. The van der Waals surface area contributed by atoms with Crippen LogP contribution in [0, 0.1) is 5.82 Å². The van der Waals surface area contributed by atoms with Gasteiger partial charge in [-0.3, -0.25) is 0 Å². The van der Waals surface area contributed by atoms with E-state index in [4.69, 9.17) is 5.73 Å². The molecule has 2 aromatic heterocycles. The smallest absolute Gasteiger partial charge is 0.212 e. The standard InChI is InChI=1S/C18H17FN4O2S/c19-12-6-8-13(9-7-12)26(24,25)17-16-15(23-18(17)20)14(21-10-22-16)11-4-2-1-3-5-11/h4,6-10,23H,1-3,5,20H2.